The van der Waals surface area contributed by atoms with E-state index < -0.39 is 11.9 Å². The van der Waals surface area contributed by atoms with Crippen LogP contribution in [0.25, 0.3) is 22.3 Å². The maximum atomic E-state index is 12.3. The highest BCUT2D eigenvalue weighted by Crippen LogP contribution is 2.31. The van der Waals surface area contributed by atoms with Gasteiger partial charge >= 0.3 is 11.9 Å². The fourth-order valence-electron chi connectivity index (χ4n) is 2.82. The van der Waals surface area contributed by atoms with Crippen molar-refractivity contribution in [2.75, 3.05) is 0 Å². The summed E-state index contributed by atoms with van der Waals surface area (Å²) >= 11 is 12.7. The zero-order valence-electron chi connectivity index (χ0n) is 15.4. The van der Waals surface area contributed by atoms with E-state index in [-0.39, 0.29) is 16.3 Å². The van der Waals surface area contributed by atoms with Gasteiger partial charge < -0.3 is 13.9 Å². The Kier molecular flexibility index (Phi) is 5.99. The van der Waals surface area contributed by atoms with Gasteiger partial charge in [0.05, 0.1) is 21.3 Å². The fraction of sp³-hybridized carbons (Fsp3) is 0. The maximum Gasteiger partial charge on any atom is 0.337 e. The summed E-state index contributed by atoms with van der Waals surface area (Å²) in [4.78, 5) is 23.6. The van der Waals surface area contributed by atoms with E-state index >= 15 is 0 Å². The normalized spacial score (nSPS) is 11.3. The number of carboxylic acids is 1. The van der Waals surface area contributed by atoms with Gasteiger partial charge in [0, 0.05) is 15.4 Å². The molecule has 2 heterocycles. The quantitative estimate of drug-likeness (QED) is 0.217. The van der Waals surface area contributed by atoms with E-state index in [9.17, 15) is 14.7 Å². The predicted octanol–water partition coefficient (Wildman–Crippen LogP) is 6.33. The average molecular weight is 567 g/mol. The second-order valence-electron chi connectivity index (χ2n) is 6.32. The van der Waals surface area contributed by atoms with Gasteiger partial charge in [-0.2, -0.15) is 5.10 Å². The van der Waals surface area contributed by atoms with Crippen LogP contribution in [-0.2, 0) is 0 Å². The fourth-order valence-corrected chi connectivity index (χ4v) is 4.35. The number of halogens is 3. The third-order valence-corrected chi connectivity index (χ3v) is 5.60. The summed E-state index contributed by atoms with van der Waals surface area (Å²) in [7, 11) is 0. The van der Waals surface area contributed by atoms with Crippen LogP contribution < -0.4 is 5.43 Å². The lowest BCUT2D eigenvalue weighted by atomic mass is 10.1. The second-order valence-corrected chi connectivity index (χ2v) is 8.49. The smallest absolute Gasteiger partial charge is 0.337 e. The van der Waals surface area contributed by atoms with Gasteiger partial charge in [-0.05, 0) is 64.5 Å². The van der Waals surface area contributed by atoms with Crippen LogP contribution in [0, 0.1) is 0 Å². The third kappa shape index (κ3) is 4.58. The number of fused-ring (bicyclic) bond motifs is 1. The minimum atomic E-state index is -1.13. The molecule has 0 unspecified atom stereocenters. The van der Waals surface area contributed by atoms with Gasteiger partial charge in [-0.1, -0.05) is 27.5 Å². The molecule has 0 aliphatic rings. The third-order valence-electron chi connectivity index (χ3n) is 4.23. The van der Waals surface area contributed by atoms with Crippen LogP contribution in [0.15, 0.2) is 71.4 Å². The summed E-state index contributed by atoms with van der Waals surface area (Å²) in [5.41, 5.74) is 3.45. The molecule has 2 aromatic carbocycles. The molecule has 4 rings (SSSR count). The van der Waals surface area contributed by atoms with Crippen molar-refractivity contribution < 1.29 is 23.5 Å². The number of amides is 1. The first-order chi connectivity index (χ1) is 14.8. The predicted molar refractivity (Wildman–Crippen MR) is 123 cm³/mol. The number of rotatable bonds is 5. The van der Waals surface area contributed by atoms with Gasteiger partial charge in [-0.3, -0.25) is 4.79 Å². The first-order valence-corrected chi connectivity index (χ1v) is 10.6. The van der Waals surface area contributed by atoms with Crippen molar-refractivity contribution >= 4 is 72.5 Å². The number of benzene rings is 2. The van der Waals surface area contributed by atoms with E-state index in [1.807, 2.05) is 12.1 Å². The molecule has 4 aromatic rings. The number of carbonyl (C=O) groups excluding carboxylic acids is 1. The largest absolute Gasteiger partial charge is 0.478 e. The van der Waals surface area contributed by atoms with Gasteiger partial charge in [-0.25, -0.2) is 10.2 Å². The average Bonchev–Trinajstić information content (AvgIpc) is 3.35. The Morgan fingerprint density at radius 1 is 1.06 bits per heavy atom. The summed E-state index contributed by atoms with van der Waals surface area (Å²) in [6, 6.07) is 13.1. The number of nitrogens with one attached hydrogen (secondary N) is 1. The summed E-state index contributed by atoms with van der Waals surface area (Å²) < 4.78 is 12.8. The van der Waals surface area contributed by atoms with Crippen LogP contribution >= 0.6 is 43.5 Å². The standard InChI is InChI=1S/C21H11Br2ClN2O5/c22-12-5-11-7-18(31-19(11)15(23)8-12)20(27)26-25-9-13-2-4-17(30-13)10-1-3-16(24)14(6-10)21(28)29/h1-9H,(H,26,27)(H,28,29)/b25-9+. The van der Waals surface area contributed by atoms with Crippen molar-refractivity contribution in [3.8, 4) is 11.3 Å². The Bertz CT molecular complexity index is 1360. The molecule has 31 heavy (non-hydrogen) atoms. The van der Waals surface area contributed by atoms with E-state index in [1.165, 1.54) is 18.3 Å². The molecule has 0 saturated carbocycles. The minimum Gasteiger partial charge on any atom is -0.478 e. The monoisotopic (exact) mass is 564 g/mol. The molecule has 0 aliphatic heterocycles. The Morgan fingerprint density at radius 3 is 2.65 bits per heavy atom. The summed E-state index contributed by atoms with van der Waals surface area (Å²) in [6.45, 7) is 0. The van der Waals surface area contributed by atoms with Crippen LogP contribution in [0.1, 0.15) is 26.7 Å². The maximum absolute atomic E-state index is 12.3. The van der Waals surface area contributed by atoms with Crippen molar-refractivity contribution in [3.63, 3.8) is 0 Å². The lowest BCUT2D eigenvalue weighted by Gasteiger charge is -2.01. The van der Waals surface area contributed by atoms with Gasteiger partial charge in [0.1, 0.15) is 17.1 Å². The van der Waals surface area contributed by atoms with E-state index in [4.69, 9.17) is 20.4 Å². The molecule has 0 saturated heterocycles. The highest BCUT2D eigenvalue weighted by Gasteiger charge is 2.15. The van der Waals surface area contributed by atoms with Crippen LogP contribution in [0.2, 0.25) is 5.02 Å². The molecule has 0 aliphatic carbocycles. The Balaban J connectivity index is 1.47. The van der Waals surface area contributed by atoms with E-state index in [0.717, 1.165) is 14.3 Å². The molecule has 2 aromatic heterocycles. The molecule has 0 atom stereocenters. The van der Waals surface area contributed by atoms with Gasteiger partial charge in [0.15, 0.2) is 5.76 Å². The van der Waals surface area contributed by atoms with Crippen LogP contribution in [0.5, 0.6) is 0 Å². The highest BCUT2D eigenvalue weighted by molar-refractivity contribution is 9.11. The lowest BCUT2D eigenvalue weighted by molar-refractivity contribution is 0.0697. The molecule has 0 radical (unpaired) electrons. The molecule has 7 nitrogen and oxygen atoms in total. The Morgan fingerprint density at radius 2 is 1.87 bits per heavy atom. The molecule has 156 valence electrons. The number of furan rings is 2. The van der Waals surface area contributed by atoms with Crippen LogP contribution in [0.3, 0.4) is 0 Å². The van der Waals surface area contributed by atoms with Gasteiger partial charge in [-0.15, -0.1) is 0 Å². The SMILES string of the molecule is O=C(N/N=C/c1ccc(-c2ccc(Cl)c(C(=O)O)c2)o1)c1cc2cc(Br)cc(Br)c2o1. The van der Waals surface area contributed by atoms with Crippen molar-refractivity contribution in [1.82, 2.24) is 5.43 Å². The van der Waals surface area contributed by atoms with Crippen molar-refractivity contribution in [2.45, 2.75) is 0 Å². The topological polar surface area (TPSA) is 105 Å². The molecule has 0 spiro atoms. The number of aromatic carboxylic acids is 1. The minimum absolute atomic E-state index is 0.0254. The summed E-state index contributed by atoms with van der Waals surface area (Å²) in [5.74, 6) is -0.759. The first-order valence-electron chi connectivity index (χ1n) is 8.67. The molecular weight excluding hydrogens is 556 g/mol. The zero-order chi connectivity index (χ0) is 22.1. The Hall–Kier alpha value is -2.88. The number of nitrogens with zero attached hydrogens (tertiary/aromatic N) is 1. The van der Waals surface area contributed by atoms with Gasteiger partial charge in [0.25, 0.3) is 0 Å². The number of hydrogen-bond acceptors (Lipinski definition) is 5. The number of carbonyl (C=O) groups is 2. The number of hydrazone groups is 1. The van der Waals surface area contributed by atoms with Gasteiger partial charge in [0.2, 0.25) is 0 Å². The molecule has 2 N–H and O–H groups in total. The van der Waals surface area contributed by atoms with E-state index in [1.54, 1.807) is 24.3 Å². The van der Waals surface area contributed by atoms with E-state index in [0.29, 0.717) is 22.7 Å². The van der Waals surface area contributed by atoms with Crippen LogP contribution in [-0.4, -0.2) is 23.2 Å². The van der Waals surface area contributed by atoms with Crippen molar-refractivity contribution in [3.05, 3.63) is 79.6 Å². The number of carboxylic acid groups (broad SMARTS) is 1. The van der Waals surface area contributed by atoms with Crippen LogP contribution in [0.4, 0.5) is 0 Å². The summed E-state index contributed by atoms with van der Waals surface area (Å²) in [5, 5.41) is 14.0. The molecule has 0 bridgehead atoms. The zero-order valence-corrected chi connectivity index (χ0v) is 19.3. The lowest BCUT2D eigenvalue weighted by Crippen LogP contribution is -2.16. The Labute approximate surface area is 196 Å². The molecular formula is C21H11Br2ClN2O5. The number of hydrogen-bond donors (Lipinski definition) is 2. The first kappa shape index (κ1) is 21.4. The van der Waals surface area contributed by atoms with E-state index in [2.05, 4.69) is 42.4 Å². The molecule has 1 amide bonds. The van der Waals surface area contributed by atoms with Crippen molar-refractivity contribution in [2.24, 2.45) is 5.10 Å². The molecule has 0 fully saturated rings. The van der Waals surface area contributed by atoms with Crippen molar-refractivity contribution in [1.29, 1.82) is 0 Å². The molecule has 10 heteroatoms. The second kappa shape index (κ2) is 8.70. The summed E-state index contributed by atoms with van der Waals surface area (Å²) in [6.07, 6.45) is 1.32. The highest BCUT2D eigenvalue weighted by atomic mass is 79.9.